The van der Waals surface area contributed by atoms with Crippen molar-refractivity contribution < 1.29 is 36.9 Å². The van der Waals surface area contributed by atoms with Crippen LogP contribution in [0.1, 0.15) is 39.3 Å². The number of likely N-dealkylation sites (tertiary alicyclic amines) is 1. The summed E-state index contributed by atoms with van der Waals surface area (Å²) in [6, 6.07) is -2.03. The monoisotopic (exact) mass is 621 g/mol. The number of hydrogen-bond donors (Lipinski definition) is 4. The smallest absolute Gasteiger partial charge is 0.356 e. The van der Waals surface area contributed by atoms with Crippen molar-refractivity contribution in [1.29, 1.82) is 5.26 Å². The first kappa shape index (κ1) is 30.7. The molecule has 2 saturated heterocycles. The minimum atomic E-state index is -4.79. The van der Waals surface area contributed by atoms with E-state index in [9.17, 15) is 37.6 Å². The molecule has 4 rings (SSSR count). The standard InChI is InChI=1S/C24H28Cl2F3N7O5/c1-22(2,3)17(34-21(40)33-14-7-13(35-41-14)24(27,28)29)20(39)36-9-12-15(23(12,25)26)16(36)19(38)32-11(8-30)6-10-4-5-31-18(10)37/h7,10-12,15-17H,4-6,9H2,1-3H3,(H,31,37)(H,32,38)(H2,33,34,40)/t10-,11-,12-,15-,16-,17+/m0/s1. The average molecular weight is 622 g/mol. The number of carbonyl (C=O) groups excluding carboxylic acids is 4. The minimum absolute atomic E-state index is 0.0102. The number of rotatable bonds is 7. The number of halogens is 5. The predicted octanol–water partition coefficient (Wildman–Crippen LogP) is 2.39. The number of urea groups is 1. The van der Waals surface area contributed by atoms with Crippen molar-refractivity contribution in [2.24, 2.45) is 23.2 Å². The lowest BCUT2D eigenvalue weighted by atomic mass is 9.85. The van der Waals surface area contributed by atoms with Gasteiger partial charge in [-0.05, 0) is 18.3 Å². The van der Waals surface area contributed by atoms with E-state index in [1.165, 1.54) is 4.90 Å². The predicted molar refractivity (Wildman–Crippen MR) is 137 cm³/mol. The van der Waals surface area contributed by atoms with Gasteiger partial charge in [0.05, 0.1) is 6.07 Å². The fourth-order valence-corrected chi connectivity index (χ4v) is 6.08. The fraction of sp³-hybridized carbons (Fsp3) is 0.667. The van der Waals surface area contributed by atoms with E-state index in [0.29, 0.717) is 19.0 Å². The molecule has 3 aliphatic rings. The van der Waals surface area contributed by atoms with E-state index in [-0.39, 0.29) is 18.9 Å². The highest BCUT2D eigenvalue weighted by molar-refractivity contribution is 6.51. The third kappa shape index (κ3) is 6.33. The molecule has 0 unspecified atom stereocenters. The Hall–Kier alpha value is -3.25. The van der Waals surface area contributed by atoms with Gasteiger partial charge in [0, 0.05) is 36.9 Å². The number of nitriles is 1. The third-order valence-electron chi connectivity index (χ3n) is 7.47. The van der Waals surface area contributed by atoms with Crippen LogP contribution in [0.25, 0.3) is 0 Å². The summed E-state index contributed by atoms with van der Waals surface area (Å²) < 4.78 is 41.7. The van der Waals surface area contributed by atoms with Crippen LogP contribution in [0, 0.1) is 34.5 Å². The zero-order valence-corrected chi connectivity index (χ0v) is 23.7. The van der Waals surface area contributed by atoms with Gasteiger partial charge < -0.3 is 25.4 Å². The summed E-state index contributed by atoms with van der Waals surface area (Å²) in [5.41, 5.74) is -2.28. The number of hydrogen-bond acceptors (Lipinski definition) is 7. The summed E-state index contributed by atoms with van der Waals surface area (Å²) in [5, 5.41) is 22.3. The Morgan fingerprint density at radius 2 is 1.98 bits per heavy atom. The second-order valence-corrected chi connectivity index (χ2v) is 12.9. The highest BCUT2D eigenvalue weighted by atomic mass is 35.5. The summed E-state index contributed by atoms with van der Waals surface area (Å²) in [6.45, 7) is 5.39. The molecule has 17 heteroatoms. The van der Waals surface area contributed by atoms with Crippen molar-refractivity contribution >= 4 is 52.8 Å². The quantitative estimate of drug-likeness (QED) is 0.339. The van der Waals surface area contributed by atoms with Gasteiger partial charge in [0.25, 0.3) is 0 Å². The number of carbonyl (C=O) groups is 4. The number of piperidine rings is 1. The van der Waals surface area contributed by atoms with Gasteiger partial charge >= 0.3 is 12.2 Å². The molecule has 1 aromatic heterocycles. The molecular formula is C24H28Cl2F3N7O5. The molecule has 3 fully saturated rings. The zero-order chi connectivity index (χ0) is 30.5. The highest BCUT2D eigenvalue weighted by Gasteiger charge is 2.74. The van der Waals surface area contributed by atoms with Crippen molar-refractivity contribution in [2.45, 2.75) is 62.2 Å². The van der Waals surface area contributed by atoms with Gasteiger partial charge in [0.15, 0.2) is 5.69 Å². The largest absolute Gasteiger partial charge is 0.436 e. The van der Waals surface area contributed by atoms with Crippen LogP contribution in [0.15, 0.2) is 10.6 Å². The Kier molecular flexibility index (Phi) is 8.14. The molecule has 6 atom stereocenters. The molecule has 0 bridgehead atoms. The third-order valence-corrected chi connectivity index (χ3v) is 8.53. The molecule has 1 aliphatic carbocycles. The zero-order valence-electron chi connectivity index (χ0n) is 22.1. The van der Waals surface area contributed by atoms with Gasteiger partial charge in [-0.2, -0.15) is 18.4 Å². The summed E-state index contributed by atoms with van der Waals surface area (Å²) in [5.74, 6) is -3.69. The van der Waals surface area contributed by atoms with E-state index in [1.807, 2.05) is 6.07 Å². The number of fused-ring (bicyclic) bond motifs is 1. The van der Waals surface area contributed by atoms with Crippen LogP contribution in [-0.2, 0) is 20.6 Å². The summed E-state index contributed by atoms with van der Waals surface area (Å²) >= 11 is 12.8. The second-order valence-electron chi connectivity index (χ2n) is 11.4. The Morgan fingerprint density at radius 3 is 2.51 bits per heavy atom. The lowest BCUT2D eigenvalue weighted by Crippen LogP contribution is -2.60. The average Bonchev–Trinajstić information content (AvgIpc) is 3.39. The number of anilines is 1. The van der Waals surface area contributed by atoms with Gasteiger partial charge in [-0.15, -0.1) is 23.2 Å². The maximum Gasteiger partial charge on any atom is 0.436 e. The number of aromatic nitrogens is 1. The molecule has 5 amide bonds. The van der Waals surface area contributed by atoms with Crippen LogP contribution in [-0.4, -0.2) is 69.4 Å². The van der Waals surface area contributed by atoms with E-state index in [0.717, 1.165) is 0 Å². The maximum absolute atomic E-state index is 13.8. The lowest BCUT2D eigenvalue weighted by molar-refractivity contribution is -0.143. The van der Waals surface area contributed by atoms with Gasteiger partial charge in [-0.1, -0.05) is 25.9 Å². The van der Waals surface area contributed by atoms with Gasteiger partial charge in [-0.3, -0.25) is 19.7 Å². The van der Waals surface area contributed by atoms with Crippen molar-refractivity contribution in [3.63, 3.8) is 0 Å². The van der Waals surface area contributed by atoms with Crippen LogP contribution in [0.3, 0.4) is 0 Å². The molecule has 41 heavy (non-hydrogen) atoms. The van der Waals surface area contributed by atoms with E-state index in [2.05, 4.69) is 30.9 Å². The first-order valence-corrected chi connectivity index (χ1v) is 13.5. The number of amides is 5. The molecule has 12 nitrogen and oxygen atoms in total. The number of nitrogens with one attached hydrogen (secondary N) is 4. The first-order valence-electron chi connectivity index (χ1n) is 12.7. The molecule has 1 aromatic rings. The summed E-state index contributed by atoms with van der Waals surface area (Å²) in [7, 11) is 0. The second kappa shape index (κ2) is 10.9. The molecule has 3 heterocycles. The van der Waals surface area contributed by atoms with Crippen LogP contribution >= 0.6 is 23.2 Å². The van der Waals surface area contributed by atoms with Crippen LogP contribution < -0.4 is 21.3 Å². The maximum atomic E-state index is 13.8. The molecule has 0 spiro atoms. The Bertz CT molecular complexity index is 1280. The normalized spacial score (nSPS) is 26.3. The Labute approximate surface area is 242 Å². The number of alkyl halides is 5. The van der Waals surface area contributed by atoms with Gasteiger partial charge in [0.2, 0.25) is 23.6 Å². The van der Waals surface area contributed by atoms with Crippen molar-refractivity contribution in [3.8, 4) is 6.07 Å². The lowest BCUT2D eigenvalue weighted by Gasteiger charge is -2.37. The topological polar surface area (TPSA) is 169 Å². The van der Waals surface area contributed by atoms with Crippen LogP contribution in [0.4, 0.5) is 23.8 Å². The molecule has 0 radical (unpaired) electrons. The molecule has 0 aromatic carbocycles. The van der Waals surface area contributed by atoms with Gasteiger partial charge in [0.1, 0.15) is 22.5 Å². The molecule has 2 aliphatic heterocycles. The van der Waals surface area contributed by atoms with E-state index >= 15 is 0 Å². The molecule has 224 valence electrons. The fourth-order valence-electron chi connectivity index (χ4n) is 5.25. The Morgan fingerprint density at radius 1 is 1.29 bits per heavy atom. The van der Waals surface area contributed by atoms with Crippen LogP contribution in [0.2, 0.25) is 0 Å². The van der Waals surface area contributed by atoms with Crippen LogP contribution in [0.5, 0.6) is 0 Å². The van der Waals surface area contributed by atoms with E-state index in [4.69, 9.17) is 23.2 Å². The highest BCUT2D eigenvalue weighted by Crippen LogP contribution is 2.65. The van der Waals surface area contributed by atoms with Gasteiger partial charge in [-0.25, -0.2) is 4.79 Å². The summed E-state index contributed by atoms with van der Waals surface area (Å²) in [6.07, 6.45) is -4.19. The number of nitrogens with zero attached hydrogens (tertiary/aromatic N) is 3. The summed E-state index contributed by atoms with van der Waals surface area (Å²) in [4.78, 5) is 53.1. The van der Waals surface area contributed by atoms with Crippen molar-refractivity contribution in [2.75, 3.05) is 18.4 Å². The SMILES string of the molecule is CC(C)(C)[C@H](NC(=O)Nc1cc(C(F)(F)F)no1)C(=O)N1C[C@H]2[C@@H]([C@H]1C(=O)N[C@H](C#N)C[C@@H]1CCNC1=O)C2(Cl)Cl. The van der Waals surface area contributed by atoms with Crippen molar-refractivity contribution in [3.05, 3.63) is 11.8 Å². The molecular weight excluding hydrogens is 594 g/mol. The van der Waals surface area contributed by atoms with E-state index < -0.39 is 81.2 Å². The molecule has 1 saturated carbocycles. The molecule has 4 N–H and O–H groups in total. The minimum Gasteiger partial charge on any atom is -0.356 e. The Balaban J connectivity index is 1.49. The first-order chi connectivity index (χ1) is 18.9. The van der Waals surface area contributed by atoms with Crippen molar-refractivity contribution in [1.82, 2.24) is 26.0 Å². The van der Waals surface area contributed by atoms with E-state index in [1.54, 1.807) is 20.8 Å².